The van der Waals surface area contributed by atoms with Crippen LogP contribution in [0.3, 0.4) is 0 Å². The number of carbonyl (C=O) groups excluding carboxylic acids is 1. The number of alkyl halides is 3. The van der Waals surface area contributed by atoms with Crippen LogP contribution in [0, 0.1) is 0 Å². The summed E-state index contributed by atoms with van der Waals surface area (Å²) in [6, 6.07) is 0.524. The van der Waals surface area contributed by atoms with E-state index in [9.17, 15) is 22.8 Å². The van der Waals surface area contributed by atoms with Crippen molar-refractivity contribution < 1.29 is 32.2 Å². The lowest BCUT2D eigenvalue weighted by molar-refractivity contribution is -0.141. The molecule has 0 aromatic carbocycles. The molecule has 0 bridgehead atoms. The molecule has 8 nitrogen and oxygen atoms in total. The fourth-order valence-electron chi connectivity index (χ4n) is 3.55. The lowest BCUT2D eigenvalue weighted by Crippen LogP contribution is -2.39. The molecule has 1 aromatic rings. The molecule has 0 N–H and O–H groups in total. The van der Waals surface area contributed by atoms with Gasteiger partial charge in [-0.1, -0.05) is 19.6 Å². The van der Waals surface area contributed by atoms with Gasteiger partial charge in [0, 0.05) is 34.3 Å². The van der Waals surface area contributed by atoms with Crippen molar-refractivity contribution in [1.29, 1.82) is 0 Å². The molecule has 1 aliphatic heterocycles. The Labute approximate surface area is 193 Å². The van der Waals surface area contributed by atoms with Crippen LogP contribution in [0.2, 0.25) is 25.7 Å². The van der Waals surface area contributed by atoms with E-state index in [0.717, 1.165) is 16.9 Å². The molecule has 12 heteroatoms. The van der Waals surface area contributed by atoms with Crippen LogP contribution in [0.25, 0.3) is 0 Å². The third-order valence-corrected chi connectivity index (χ3v) is 7.12. The molecule has 188 valence electrons. The van der Waals surface area contributed by atoms with Crippen molar-refractivity contribution in [3.63, 3.8) is 0 Å². The van der Waals surface area contributed by atoms with E-state index in [4.69, 9.17) is 9.47 Å². The molecule has 2 rings (SSSR count). The largest absolute Gasteiger partial charge is 0.469 e. The van der Waals surface area contributed by atoms with Gasteiger partial charge in [0.25, 0.3) is 5.56 Å². The Bertz CT molecular complexity index is 842. The van der Waals surface area contributed by atoms with Gasteiger partial charge < -0.3 is 19.1 Å². The summed E-state index contributed by atoms with van der Waals surface area (Å²) >= 11 is 0. The zero-order valence-corrected chi connectivity index (χ0v) is 20.7. The molecule has 0 saturated carbocycles. The molecule has 0 aliphatic carbocycles. The fourth-order valence-corrected chi connectivity index (χ4v) is 4.31. The fraction of sp³-hybridized carbons (Fsp3) is 0.762. The number of hydrogen-bond acceptors (Lipinski definition) is 7. The Kier molecular flexibility index (Phi) is 9.92. The van der Waals surface area contributed by atoms with Gasteiger partial charge in [-0.2, -0.15) is 18.3 Å². The Balaban J connectivity index is 2.10. The van der Waals surface area contributed by atoms with Gasteiger partial charge in [0.05, 0.1) is 31.6 Å². The first-order valence-electron chi connectivity index (χ1n) is 11.1. The minimum absolute atomic E-state index is 0.196. The third kappa shape index (κ3) is 8.42. The number of esters is 1. The van der Waals surface area contributed by atoms with E-state index in [-0.39, 0.29) is 37.5 Å². The number of rotatable bonds is 12. The van der Waals surface area contributed by atoms with Gasteiger partial charge in [0.15, 0.2) is 0 Å². The first-order chi connectivity index (χ1) is 15.4. The molecular weight excluding hydrogens is 459 g/mol. The summed E-state index contributed by atoms with van der Waals surface area (Å²) in [7, 11) is -0.0580. The van der Waals surface area contributed by atoms with E-state index in [2.05, 4.69) is 29.5 Å². The predicted octanol–water partition coefficient (Wildman–Crippen LogP) is 3.51. The summed E-state index contributed by atoms with van der Waals surface area (Å²) in [6.45, 7) is 7.39. The monoisotopic (exact) mass is 493 g/mol. The highest BCUT2D eigenvalue weighted by molar-refractivity contribution is 6.76. The van der Waals surface area contributed by atoms with Crippen LogP contribution in [0.1, 0.15) is 31.2 Å². The van der Waals surface area contributed by atoms with Gasteiger partial charge >= 0.3 is 12.1 Å². The molecule has 33 heavy (non-hydrogen) atoms. The van der Waals surface area contributed by atoms with Crippen LogP contribution < -0.4 is 10.5 Å². The van der Waals surface area contributed by atoms with Crippen molar-refractivity contribution in [2.75, 3.05) is 38.4 Å². The maximum Gasteiger partial charge on any atom is 0.423 e. The highest BCUT2D eigenvalue weighted by Gasteiger charge is 2.41. The second-order valence-electron chi connectivity index (χ2n) is 9.30. The van der Waals surface area contributed by atoms with Crippen molar-refractivity contribution in [2.45, 2.75) is 70.3 Å². The number of anilines is 1. The number of carbonyl (C=O) groups is 1. The SMILES string of the molecule is COC(=O)CCCOC[C@@H]1CCCN1c1cnn(COCC[Si](C)(C)C)c(=O)c1C(F)(F)F. The number of methoxy groups -OCH3 is 1. The van der Waals surface area contributed by atoms with Crippen LogP contribution in [0.15, 0.2) is 11.0 Å². The topological polar surface area (TPSA) is 82.9 Å². The average molecular weight is 494 g/mol. The second-order valence-corrected chi connectivity index (χ2v) is 14.9. The van der Waals surface area contributed by atoms with Gasteiger partial charge in [-0.3, -0.25) is 9.59 Å². The van der Waals surface area contributed by atoms with Gasteiger partial charge in [-0.05, 0) is 25.3 Å². The first kappa shape index (κ1) is 27.3. The normalized spacial score (nSPS) is 16.9. The Hall–Kier alpha value is -1.92. The first-order valence-corrected chi connectivity index (χ1v) is 14.8. The van der Waals surface area contributed by atoms with E-state index in [1.807, 2.05) is 0 Å². The maximum atomic E-state index is 13.9. The Morgan fingerprint density at radius 2 is 1.97 bits per heavy atom. The highest BCUT2D eigenvalue weighted by atomic mass is 28.3. The van der Waals surface area contributed by atoms with Crippen LogP contribution in [-0.2, 0) is 31.9 Å². The van der Waals surface area contributed by atoms with E-state index in [1.54, 1.807) is 4.90 Å². The van der Waals surface area contributed by atoms with Gasteiger partial charge in [0.2, 0.25) is 0 Å². The molecule has 1 atom stereocenters. The van der Waals surface area contributed by atoms with Crippen molar-refractivity contribution >= 4 is 19.7 Å². The lowest BCUT2D eigenvalue weighted by atomic mass is 10.2. The number of nitrogens with zero attached hydrogens (tertiary/aromatic N) is 3. The van der Waals surface area contributed by atoms with Crippen LogP contribution in [0.5, 0.6) is 0 Å². The molecule has 0 unspecified atom stereocenters. The molecule has 0 amide bonds. The zero-order chi connectivity index (χ0) is 24.6. The predicted molar refractivity (Wildman–Crippen MR) is 120 cm³/mol. The zero-order valence-electron chi connectivity index (χ0n) is 19.7. The van der Waals surface area contributed by atoms with Gasteiger partial charge in [-0.25, -0.2) is 4.68 Å². The molecule has 0 radical (unpaired) electrons. The number of hydrogen-bond donors (Lipinski definition) is 0. The molecule has 1 fully saturated rings. The van der Waals surface area contributed by atoms with Crippen LogP contribution in [0.4, 0.5) is 18.9 Å². The minimum atomic E-state index is -4.83. The quantitative estimate of drug-likeness (QED) is 0.250. The average Bonchev–Trinajstić information content (AvgIpc) is 3.18. The van der Waals surface area contributed by atoms with Gasteiger partial charge in [0.1, 0.15) is 12.3 Å². The van der Waals surface area contributed by atoms with Crippen molar-refractivity contribution in [2.24, 2.45) is 0 Å². The number of halogens is 3. The smallest absolute Gasteiger partial charge is 0.423 e. The standard InChI is InChI=1S/C21H34F3N3O5Si/c1-30-18(28)8-6-10-31-14-16-7-5-9-26(16)17-13-25-27(15-32-11-12-33(2,3)4)20(29)19(17)21(22,23)24/h13,16H,5-12,14-15H2,1-4H3/t16-/m0/s1. The summed E-state index contributed by atoms with van der Waals surface area (Å²) < 4.78 is 58.0. The summed E-state index contributed by atoms with van der Waals surface area (Å²) in [4.78, 5) is 25.4. The molecule has 0 spiro atoms. The summed E-state index contributed by atoms with van der Waals surface area (Å²) in [5.41, 5.74) is -2.67. The van der Waals surface area contributed by atoms with Crippen LogP contribution >= 0.6 is 0 Å². The van der Waals surface area contributed by atoms with Crippen LogP contribution in [-0.4, -0.2) is 63.3 Å². The lowest BCUT2D eigenvalue weighted by Gasteiger charge is -2.29. The summed E-state index contributed by atoms with van der Waals surface area (Å²) in [6.07, 6.45) is -1.74. The summed E-state index contributed by atoms with van der Waals surface area (Å²) in [5, 5.41) is 3.96. The van der Waals surface area contributed by atoms with E-state index < -0.39 is 25.4 Å². The maximum absolute atomic E-state index is 13.9. The number of aromatic nitrogens is 2. The summed E-state index contributed by atoms with van der Waals surface area (Å²) in [5.74, 6) is -0.341. The minimum Gasteiger partial charge on any atom is -0.469 e. The molecular formula is C21H34F3N3O5Si. The Morgan fingerprint density at radius 3 is 2.61 bits per heavy atom. The van der Waals surface area contributed by atoms with E-state index in [1.165, 1.54) is 7.11 Å². The molecule has 2 heterocycles. The van der Waals surface area contributed by atoms with E-state index >= 15 is 0 Å². The van der Waals surface area contributed by atoms with Gasteiger partial charge in [-0.15, -0.1) is 0 Å². The molecule has 1 aliphatic rings. The van der Waals surface area contributed by atoms with Crippen molar-refractivity contribution in [1.82, 2.24) is 9.78 Å². The second kappa shape index (κ2) is 12.0. The van der Waals surface area contributed by atoms with E-state index in [0.29, 0.717) is 39.0 Å². The highest BCUT2D eigenvalue weighted by Crippen LogP contribution is 2.36. The number of ether oxygens (including phenoxy) is 3. The van der Waals surface area contributed by atoms with Crippen molar-refractivity contribution in [3.05, 3.63) is 22.1 Å². The molecule has 1 saturated heterocycles. The Morgan fingerprint density at radius 1 is 1.24 bits per heavy atom. The van der Waals surface area contributed by atoms with Crippen molar-refractivity contribution in [3.8, 4) is 0 Å². The third-order valence-electron chi connectivity index (χ3n) is 5.41. The molecule has 1 aromatic heterocycles.